The van der Waals surface area contributed by atoms with E-state index in [9.17, 15) is 15.0 Å². The summed E-state index contributed by atoms with van der Waals surface area (Å²) < 4.78 is 0. The molecule has 25 heavy (non-hydrogen) atoms. The van der Waals surface area contributed by atoms with Gasteiger partial charge in [0.15, 0.2) is 0 Å². The lowest BCUT2D eigenvalue weighted by atomic mass is 10.0. The van der Waals surface area contributed by atoms with Gasteiger partial charge in [0.25, 0.3) is 5.91 Å². The number of aromatic nitrogens is 1. The van der Waals surface area contributed by atoms with E-state index in [1.807, 2.05) is 13.0 Å². The zero-order chi connectivity index (χ0) is 18.4. The molecular weight excluding hydrogens is 320 g/mol. The third-order valence-corrected chi connectivity index (χ3v) is 3.79. The first-order valence-corrected chi connectivity index (χ1v) is 7.99. The molecule has 0 spiro atoms. The smallest absolute Gasteiger partial charge is 0.262 e. The quantitative estimate of drug-likeness (QED) is 0.477. The summed E-state index contributed by atoms with van der Waals surface area (Å²) in [6.45, 7) is 5.19. The Morgan fingerprint density at radius 2 is 2.08 bits per heavy atom. The normalized spacial score (nSPS) is 12.5. The highest BCUT2D eigenvalue weighted by Crippen LogP contribution is 2.30. The first kappa shape index (κ1) is 18.3. The Balaban J connectivity index is 2.10. The van der Waals surface area contributed by atoms with Gasteiger partial charge in [-0.3, -0.25) is 9.78 Å². The van der Waals surface area contributed by atoms with Crippen LogP contribution < -0.4 is 10.7 Å². The summed E-state index contributed by atoms with van der Waals surface area (Å²) >= 11 is 0. The van der Waals surface area contributed by atoms with Crippen LogP contribution in [0.5, 0.6) is 11.5 Å². The van der Waals surface area contributed by atoms with Crippen molar-refractivity contribution in [1.29, 1.82) is 0 Å². The molecule has 0 saturated carbocycles. The third kappa shape index (κ3) is 4.47. The molecule has 1 heterocycles. The zero-order valence-electron chi connectivity index (χ0n) is 14.4. The summed E-state index contributed by atoms with van der Waals surface area (Å²) in [5.74, 6) is -0.351. The molecule has 0 aliphatic heterocycles. The van der Waals surface area contributed by atoms with Gasteiger partial charge in [-0.05, 0) is 44.5 Å². The van der Waals surface area contributed by atoms with Gasteiger partial charge in [0.05, 0.1) is 11.4 Å². The van der Waals surface area contributed by atoms with E-state index in [1.54, 1.807) is 38.4 Å². The van der Waals surface area contributed by atoms with Gasteiger partial charge in [-0.25, -0.2) is 5.43 Å². The minimum atomic E-state index is -0.513. The van der Waals surface area contributed by atoms with Gasteiger partial charge in [-0.2, -0.15) is 5.10 Å². The highest BCUT2D eigenvalue weighted by Gasteiger charge is 2.15. The fraction of sp³-hybridized carbons (Fsp3) is 0.278. The molecule has 0 bridgehead atoms. The Bertz CT molecular complexity index is 775. The number of carbonyl (C=O) groups is 1. The van der Waals surface area contributed by atoms with Crippen molar-refractivity contribution >= 4 is 17.3 Å². The largest absolute Gasteiger partial charge is 0.508 e. The lowest BCUT2D eigenvalue weighted by Crippen LogP contribution is -2.35. The number of anilines is 1. The van der Waals surface area contributed by atoms with Crippen molar-refractivity contribution in [2.75, 3.05) is 5.32 Å². The van der Waals surface area contributed by atoms with Crippen LogP contribution in [0, 0.1) is 6.92 Å². The maximum Gasteiger partial charge on any atom is 0.262 e. The number of carbonyl (C=O) groups excluding carboxylic acids is 1. The standard InChI is InChI=1S/C18H22N4O3/c1-4-15(14-7-8-16(23)11(2)17(14)24)21-22-18(25)12(3)20-13-6-5-9-19-10-13/h5-10,12,20,23-24H,4H2,1-3H3,(H,22,25). The van der Waals surface area contributed by atoms with E-state index in [4.69, 9.17) is 0 Å². The molecule has 0 aliphatic rings. The van der Waals surface area contributed by atoms with Crippen LogP contribution in [0.3, 0.4) is 0 Å². The number of benzene rings is 1. The van der Waals surface area contributed by atoms with Crippen LogP contribution in [0.2, 0.25) is 0 Å². The van der Waals surface area contributed by atoms with Gasteiger partial charge in [-0.1, -0.05) is 6.92 Å². The number of amides is 1. The number of pyridine rings is 1. The van der Waals surface area contributed by atoms with Crippen LogP contribution in [0.4, 0.5) is 5.69 Å². The van der Waals surface area contributed by atoms with Crippen LogP contribution in [0.25, 0.3) is 0 Å². The van der Waals surface area contributed by atoms with Crippen molar-refractivity contribution in [3.63, 3.8) is 0 Å². The highest BCUT2D eigenvalue weighted by atomic mass is 16.3. The average molecular weight is 342 g/mol. The summed E-state index contributed by atoms with van der Waals surface area (Å²) in [6.07, 6.45) is 3.78. The first-order valence-electron chi connectivity index (χ1n) is 7.99. The van der Waals surface area contributed by atoms with Crippen LogP contribution >= 0.6 is 0 Å². The number of nitrogens with zero attached hydrogens (tertiary/aromatic N) is 2. The molecule has 1 unspecified atom stereocenters. The summed E-state index contributed by atoms with van der Waals surface area (Å²) in [6, 6.07) is 6.14. The van der Waals surface area contributed by atoms with Gasteiger partial charge in [0.2, 0.25) is 0 Å². The SMILES string of the molecule is CCC(=NNC(=O)C(C)Nc1cccnc1)c1ccc(O)c(C)c1O. The Morgan fingerprint density at radius 3 is 2.72 bits per heavy atom. The second kappa shape index (κ2) is 8.14. The molecule has 2 aromatic rings. The highest BCUT2D eigenvalue weighted by molar-refractivity contribution is 6.03. The van der Waals surface area contributed by atoms with E-state index in [2.05, 4.69) is 20.8 Å². The summed E-state index contributed by atoms with van der Waals surface area (Å²) in [4.78, 5) is 16.2. The molecule has 4 N–H and O–H groups in total. The molecule has 1 aromatic heterocycles. The molecule has 0 radical (unpaired) electrons. The predicted molar refractivity (Wildman–Crippen MR) is 96.8 cm³/mol. The molecule has 0 saturated heterocycles. The van der Waals surface area contributed by atoms with E-state index >= 15 is 0 Å². The Kier molecular flexibility index (Phi) is 5.94. The Labute approximate surface area is 146 Å². The monoisotopic (exact) mass is 342 g/mol. The fourth-order valence-electron chi connectivity index (χ4n) is 2.24. The van der Waals surface area contributed by atoms with Crippen molar-refractivity contribution in [3.8, 4) is 11.5 Å². The van der Waals surface area contributed by atoms with Gasteiger partial charge >= 0.3 is 0 Å². The van der Waals surface area contributed by atoms with Gasteiger partial charge in [0.1, 0.15) is 17.5 Å². The van der Waals surface area contributed by atoms with E-state index in [1.165, 1.54) is 6.07 Å². The average Bonchev–Trinajstić information content (AvgIpc) is 2.62. The van der Waals surface area contributed by atoms with Crippen LogP contribution in [-0.4, -0.2) is 32.9 Å². The summed E-state index contributed by atoms with van der Waals surface area (Å²) in [5, 5.41) is 27.0. The lowest BCUT2D eigenvalue weighted by Gasteiger charge is -2.14. The fourth-order valence-corrected chi connectivity index (χ4v) is 2.24. The van der Waals surface area contributed by atoms with Crippen molar-refractivity contribution in [3.05, 3.63) is 47.8 Å². The third-order valence-electron chi connectivity index (χ3n) is 3.79. The second-order valence-corrected chi connectivity index (χ2v) is 5.60. The molecule has 1 atom stereocenters. The first-order chi connectivity index (χ1) is 11.9. The van der Waals surface area contributed by atoms with Crippen LogP contribution in [0.15, 0.2) is 41.8 Å². The molecule has 132 valence electrons. The number of aromatic hydroxyl groups is 2. The maximum atomic E-state index is 12.2. The van der Waals surface area contributed by atoms with Gasteiger partial charge in [-0.15, -0.1) is 0 Å². The molecule has 7 heteroatoms. The van der Waals surface area contributed by atoms with Crippen molar-refractivity contribution in [2.24, 2.45) is 5.10 Å². The minimum Gasteiger partial charge on any atom is -0.508 e. The van der Waals surface area contributed by atoms with Crippen LogP contribution in [-0.2, 0) is 4.79 Å². The van der Waals surface area contributed by atoms with E-state index < -0.39 is 6.04 Å². The second-order valence-electron chi connectivity index (χ2n) is 5.60. The number of hydrogen-bond acceptors (Lipinski definition) is 6. The van der Waals surface area contributed by atoms with Crippen molar-refractivity contribution < 1.29 is 15.0 Å². The van der Waals surface area contributed by atoms with Crippen molar-refractivity contribution in [2.45, 2.75) is 33.2 Å². The van der Waals surface area contributed by atoms with Gasteiger partial charge < -0.3 is 15.5 Å². The molecule has 1 aromatic carbocycles. The predicted octanol–water partition coefficient (Wildman–Crippen LogP) is 2.53. The molecular formula is C18H22N4O3. The minimum absolute atomic E-state index is 0.00929. The molecule has 0 fully saturated rings. The Morgan fingerprint density at radius 1 is 1.32 bits per heavy atom. The molecule has 1 amide bonds. The lowest BCUT2D eigenvalue weighted by molar-refractivity contribution is -0.121. The zero-order valence-corrected chi connectivity index (χ0v) is 14.4. The molecule has 0 aliphatic carbocycles. The molecule has 7 nitrogen and oxygen atoms in total. The summed E-state index contributed by atoms with van der Waals surface area (Å²) in [5.41, 5.74) is 4.60. The van der Waals surface area contributed by atoms with Gasteiger partial charge in [0, 0.05) is 23.5 Å². The number of nitrogens with one attached hydrogen (secondary N) is 2. The number of rotatable bonds is 6. The number of phenols is 2. The topological polar surface area (TPSA) is 107 Å². The Hall–Kier alpha value is -3.09. The maximum absolute atomic E-state index is 12.2. The number of phenolic OH excluding ortho intramolecular Hbond substituents is 2. The van der Waals surface area contributed by atoms with Crippen LogP contribution in [0.1, 0.15) is 31.4 Å². The molecule has 2 rings (SSSR count). The van der Waals surface area contributed by atoms with E-state index in [0.29, 0.717) is 23.3 Å². The van der Waals surface area contributed by atoms with E-state index in [0.717, 1.165) is 5.69 Å². The van der Waals surface area contributed by atoms with Crippen molar-refractivity contribution in [1.82, 2.24) is 10.4 Å². The van der Waals surface area contributed by atoms with E-state index in [-0.39, 0.29) is 17.4 Å². The number of hydrogen-bond donors (Lipinski definition) is 4. The number of hydrazone groups is 1. The summed E-state index contributed by atoms with van der Waals surface area (Å²) in [7, 11) is 0.